The number of nitrogens with one attached hydrogen (secondary N) is 2. The highest BCUT2D eigenvalue weighted by atomic mass is 32.2. The summed E-state index contributed by atoms with van der Waals surface area (Å²) in [5.74, 6) is -1.31. The number of nitrogens with zero attached hydrogens (tertiary/aromatic N) is 1. The molecule has 1 aliphatic rings. The number of hydrogen-bond donors (Lipinski definition) is 2. The summed E-state index contributed by atoms with van der Waals surface area (Å²) in [5.41, 5.74) is 2.31. The second-order valence-corrected chi connectivity index (χ2v) is 9.38. The lowest BCUT2D eigenvalue weighted by molar-refractivity contribution is 0.262. The van der Waals surface area contributed by atoms with Gasteiger partial charge in [-0.1, -0.05) is 36.4 Å². The molecule has 0 fully saturated rings. The fourth-order valence-corrected chi connectivity index (χ4v) is 5.26. The number of anilines is 2. The number of amides is 2. The maximum absolute atomic E-state index is 14.5. The van der Waals surface area contributed by atoms with Crippen LogP contribution in [0.5, 0.6) is 0 Å². The average molecular weight is 458 g/mol. The lowest BCUT2D eigenvalue weighted by Gasteiger charge is -2.29. The fraction of sp³-hybridized carbons (Fsp3) is 0.174. The van der Waals surface area contributed by atoms with Gasteiger partial charge in [-0.25, -0.2) is 22.0 Å². The third kappa shape index (κ3) is 4.21. The van der Waals surface area contributed by atoms with Crippen LogP contribution in [-0.2, 0) is 23.0 Å². The molecule has 0 aliphatic carbocycles. The van der Waals surface area contributed by atoms with Crippen molar-refractivity contribution in [2.24, 2.45) is 0 Å². The predicted octanol–water partition coefficient (Wildman–Crippen LogP) is 4.66. The highest BCUT2D eigenvalue weighted by Crippen LogP contribution is 2.31. The van der Waals surface area contributed by atoms with Crippen LogP contribution in [0.15, 0.2) is 65.6 Å². The maximum atomic E-state index is 14.5. The highest BCUT2D eigenvalue weighted by Gasteiger charge is 2.31. The van der Waals surface area contributed by atoms with Gasteiger partial charge in [-0.15, -0.1) is 0 Å². The summed E-state index contributed by atoms with van der Waals surface area (Å²) in [6.07, 6.45) is 0.331. The van der Waals surface area contributed by atoms with Crippen molar-refractivity contribution in [3.05, 3.63) is 89.0 Å². The molecule has 32 heavy (non-hydrogen) atoms. The lowest BCUT2D eigenvalue weighted by Crippen LogP contribution is -2.37. The molecular formula is C23H21F2N3O3S. The van der Waals surface area contributed by atoms with Gasteiger partial charge in [0, 0.05) is 18.8 Å². The highest BCUT2D eigenvalue weighted by molar-refractivity contribution is 7.89. The van der Waals surface area contributed by atoms with Crippen LogP contribution in [0.1, 0.15) is 16.7 Å². The molecule has 0 saturated heterocycles. The number of hydrogen-bond acceptors (Lipinski definition) is 3. The number of carbonyl (C=O) groups is 1. The van der Waals surface area contributed by atoms with E-state index in [0.717, 1.165) is 5.56 Å². The van der Waals surface area contributed by atoms with Gasteiger partial charge in [-0.2, -0.15) is 4.31 Å². The molecule has 4 rings (SSSR count). The molecule has 9 heteroatoms. The van der Waals surface area contributed by atoms with Crippen molar-refractivity contribution in [1.29, 1.82) is 0 Å². The monoisotopic (exact) mass is 457 g/mol. The molecule has 0 spiro atoms. The minimum atomic E-state index is -4.02. The number of urea groups is 1. The standard InChI is InChI=1S/C23H21F2N3O3S/c1-15-6-4-11-21(22(15)25)32(30,31)28-13-12-17-16(14-28)7-5-10-19(17)26-23(29)27-20-9-3-2-8-18(20)24/h2-11H,12-14H2,1H3,(H2,26,27,29). The van der Waals surface area contributed by atoms with E-state index in [0.29, 0.717) is 17.7 Å². The third-order valence-corrected chi connectivity index (χ3v) is 7.24. The molecule has 0 aromatic heterocycles. The Morgan fingerprint density at radius 3 is 2.41 bits per heavy atom. The zero-order valence-electron chi connectivity index (χ0n) is 17.2. The topological polar surface area (TPSA) is 78.5 Å². The normalized spacial score (nSPS) is 14.0. The van der Waals surface area contributed by atoms with E-state index in [1.807, 2.05) is 0 Å². The Morgan fingerprint density at radius 1 is 0.938 bits per heavy atom. The van der Waals surface area contributed by atoms with E-state index in [1.54, 1.807) is 24.3 Å². The number of carbonyl (C=O) groups excluding carboxylic acids is 1. The Kier molecular flexibility index (Phi) is 5.94. The molecule has 6 nitrogen and oxygen atoms in total. The largest absolute Gasteiger partial charge is 0.323 e. The second kappa shape index (κ2) is 8.68. The molecule has 1 heterocycles. The summed E-state index contributed by atoms with van der Waals surface area (Å²) in [6, 6.07) is 14.7. The SMILES string of the molecule is Cc1cccc(S(=O)(=O)N2CCc3c(cccc3NC(=O)Nc3ccccc3F)C2)c1F. The molecule has 0 saturated carbocycles. The van der Waals surface area contributed by atoms with Gasteiger partial charge in [0.25, 0.3) is 0 Å². The summed E-state index contributed by atoms with van der Waals surface area (Å²) in [4.78, 5) is 12.0. The van der Waals surface area contributed by atoms with Gasteiger partial charge in [-0.05, 0) is 54.3 Å². The van der Waals surface area contributed by atoms with Crippen molar-refractivity contribution < 1.29 is 22.0 Å². The molecule has 2 amide bonds. The van der Waals surface area contributed by atoms with Crippen LogP contribution in [0.3, 0.4) is 0 Å². The van der Waals surface area contributed by atoms with Crippen molar-refractivity contribution in [3.8, 4) is 0 Å². The van der Waals surface area contributed by atoms with E-state index in [4.69, 9.17) is 0 Å². The van der Waals surface area contributed by atoms with Gasteiger partial charge in [0.2, 0.25) is 10.0 Å². The maximum Gasteiger partial charge on any atom is 0.323 e. The van der Waals surface area contributed by atoms with E-state index >= 15 is 0 Å². The summed E-state index contributed by atoms with van der Waals surface area (Å²) in [7, 11) is -4.02. The van der Waals surface area contributed by atoms with Gasteiger partial charge >= 0.3 is 6.03 Å². The molecule has 166 valence electrons. The molecule has 1 aliphatic heterocycles. The number of aryl methyl sites for hydroxylation is 1. The molecule has 3 aromatic carbocycles. The van der Waals surface area contributed by atoms with Crippen LogP contribution in [0, 0.1) is 18.6 Å². The zero-order valence-corrected chi connectivity index (χ0v) is 18.0. The Morgan fingerprint density at radius 2 is 1.62 bits per heavy atom. The van der Waals surface area contributed by atoms with Crippen LogP contribution >= 0.6 is 0 Å². The first kappa shape index (κ1) is 21.9. The van der Waals surface area contributed by atoms with Crippen LogP contribution in [0.4, 0.5) is 25.0 Å². The first-order chi connectivity index (χ1) is 15.3. The van der Waals surface area contributed by atoms with E-state index in [2.05, 4.69) is 10.6 Å². The van der Waals surface area contributed by atoms with Crippen molar-refractivity contribution in [1.82, 2.24) is 4.31 Å². The molecule has 2 N–H and O–H groups in total. The fourth-order valence-electron chi connectivity index (χ4n) is 3.70. The van der Waals surface area contributed by atoms with E-state index in [9.17, 15) is 22.0 Å². The van der Waals surface area contributed by atoms with Crippen molar-refractivity contribution in [2.75, 3.05) is 17.2 Å². The first-order valence-electron chi connectivity index (χ1n) is 9.96. The number of para-hydroxylation sites is 1. The summed E-state index contributed by atoms with van der Waals surface area (Å²) in [5, 5.41) is 5.16. The quantitative estimate of drug-likeness (QED) is 0.598. The Bertz CT molecular complexity index is 1300. The van der Waals surface area contributed by atoms with Crippen LogP contribution in [0.2, 0.25) is 0 Å². The number of rotatable bonds is 4. The third-order valence-electron chi connectivity index (χ3n) is 5.38. The van der Waals surface area contributed by atoms with E-state index in [1.165, 1.54) is 47.6 Å². The Hall–Kier alpha value is -3.30. The van der Waals surface area contributed by atoms with Crippen LogP contribution in [0.25, 0.3) is 0 Å². The molecular weight excluding hydrogens is 436 g/mol. The molecule has 0 bridgehead atoms. The van der Waals surface area contributed by atoms with Crippen molar-refractivity contribution in [3.63, 3.8) is 0 Å². The van der Waals surface area contributed by atoms with Crippen LogP contribution < -0.4 is 10.6 Å². The van der Waals surface area contributed by atoms with Crippen molar-refractivity contribution in [2.45, 2.75) is 24.8 Å². The average Bonchev–Trinajstić information content (AvgIpc) is 2.77. The number of sulfonamides is 1. The smallest absolute Gasteiger partial charge is 0.307 e. The summed E-state index contributed by atoms with van der Waals surface area (Å²) < 4.78 is 55.6. The molecule has 0 radical (unpaired) electrons. The minimum absolute atomic E-state index is 0.0484. The van der Waals surface area contributed by atoms with E-state index in [-0.39, 0.29) is 29.2 Å². The van der Waals surface area contributed by atoms with Crippen molar-refractivity contribution >= 4 is 27.4 Å². The van der Waals surface area contributed by atoms with Gasteiger partial charge < -0.3 is 10.6 Å². The molecule has 0 atom stereocenters. The molecule has 0 unspecified atom stereocenters. The summed E-state index contributed by atoms with van der Waals surface area (Å²) in [6.45, 7) is 1.70. The first-order valence-corrected chi connectivity index (χ1v) is 11.4. The van der Waals surface area contributed by atoms with Gasteiger partial charge in [0.05, 0.1) is 5.69 Å². The van der Waals surface area contributed by atoms with Gasteiger partial charge in [0.15, 0.2) is 0 Å². The molecule has 3 aromatic rings. The van der Waals surface area contributed by atoms with Gasteiger partial charge in [-0.3, -0.25) is 0 Å². The number of halogens is 2. The minimum Gasteiger partial charge on any atom is -0.307 e. The number of benzene rings is 3. The van der Waals surface area contributed by atoms with Crippen LogP contribution in [-0.4, -0.2) is 25.3 Å². The lowest BCUT2D eigenvalue weighted by atomic mass is 9.99. The Balaban J connectivity index is 1.54. The van der Waals surface area contributed by atoms with E-state index < -0.39 is 27.7 Å². The predicted molar refractivity (Wildman–Crippen MR) is 118 cm³/mol. The second-order valence-electron chi connectivity index (χ2n) is 7.48. The van der Waals surface area contributed by atoms with Gasteiger partial charge in [0.1, 0.15) is 16.5 Å². The number of fused-ring (bicyclic) bond motifs is 1. The zero-order chi connectivity index (χ0) is 22.9. The Labute approximate surface area is 184 Å². The summed E-state index contributed by atoms with van der Waals surface area (Å²) >= 11 is 0.